The monoisotopic (exact) mass is 283 g/mol. The Kier molecular flexibility index (Phi) is 4.51. The SMILES string of the molecule is CN(C)C1(CN=C2NC(C(C)(C)C)CCS2)CCC1. The number of nitrogens with zero attached hydrogens (tertiary/aromatic N) is 2. The van der Waals surface area contributed by atoms with Crippen molar-refractivity contribution >= 4 is 16.9 Å². The molecule has 1 atom stereocenters. The number of nitrogens with one attached hydrogen (secondary N) is 1. The van der Waals surface area contributed by atoms with E-state index in [1.807, 2.05) is 11.8 Å². The lowest BCUT2D eigenvalue weighted by Crippen LogP contribution is -2.53. The first-order chi connectivity index (χ1) is 8.83. The summed E-state index contributed by atoms with van der Waals surface area (Å²) in [5.74, 6) is 1.20. The van der Waals surface area contributed by atoms with Crippen molar-refractivity contribution in [2.75, 3.05) is 26.4 Å². The van der Waals surface area contributed by atoms with Gasteiger partial charge in [0.2, 0.25) is 0 Å². The van der Waals surface area contributed by atoms with Crippen LogP contribution in [0.15, 0.2) is 4.99 Å². The van der Waals surface area contributed by atoms with E-state index in [2.05, 4.69) is 45.1 Å². The van der Waals surface area contributed by atoms with Crippen LogP contribution in [-0.2, 0) is 0 Å². The summed E-state index contributed by atoms with van der Waals surface area (Å²) >= 11 is 1.89. The van der Waals surface area contributed by atoms with Gasteiger partial charge in [0.05, 0.1) is 6.54 Å². The number of thioether (sulfide) groups is 1. The normalized spacial score (nSPS) is 29.2. The molecule has 0 amide bonds. The van der Waals surface area contributed by atoms with E-state index < -0.39 is 0 Å². The summed E-state index contributed by atoms with van der Waals surface area (Å²) in [5, 5.41) is 4.81. The molecule has 4 heteroatoms. The number of rotatable bonds is 3. The largest absolute Gasteiger partial charge is 0.362 e. The maximum atomic E-state index is 4.89. The molecule has 19 heavy (non-hydrogen) atoms. The van der Waals surface area contributed by atoms with Gasteiger partial charge in [-0.2, -0.15) is 0 Å². The maximum absolute atomic E-state index is 4.89. The van der Waals surface area contributed by atoms with Crippen LogP contribution in [0.2, 0.25) is 0 Å². The summed E-state index contributed by atoms with van der Waals surface area (Å²) in [6.07, 6.45) is 5.19. The summed E-state index contributed by atoms with van der Waals surface area (Å²) in [7, 11) is 4.39. The van der Waals surface area contributed by atoms with Crippen LogP contribution in [0.4, 0.5) is 0 Å². The molecule has 0 spiro atoms. The van der Waals surface area contributed by atoms with Crippen LogP contribution < -0.4 is 5.32 Å². The Balaban J connectivity index is 1.96. The zero-order valence-corrected chi connectivity index (χ0v) is 13.9. The molecular weight excluding hydrogens is 254 g/mol. The van der Waals surface area contributed by atoms with E-state index in [0.29, 0.717) is 17.0 Å². The second kappa shape index (κ2) is 5.65. The summed E-state index contributed by atoms with van der Waals surface area (Å²) in [6, 6.07) is 0.559. The third-order valence-corrected chi connectivity index (χ3v) is 5.70. The van der Waals surface area contributed by atoms with Gasteiger partial charge in [-0.3, -0.25) is 4.99 Å². The molecule has 1 N–H and O–H groups in total. The van der Waals surface area contributed by atoms with Crippen molar-refractivity contribution in [1.29, 1.82) is 0 Å². The van der Waals surface area contributed by atoms with Crippen LogP contribution >= 0.6 is 11.8 Å². The Morgan fingerprint density at radius 3 is 2.53 bits per heavy atom. The lowest BCUT2D eigenvalue weighted by Gasteiger charge is -2.46. The topological polar surface area (TPSA) is 27.6 Å². The molecule has 110 valence electrons. The van der Waals surface area contributed by atoms with Gasteiger partial charge in [0, 0.05) is 17.3 Å². The Labute approximate surface area is 122 Å². The van der Waals surface area contributed by atoms with Gasteiger partial charge in [-0.15, -0.1) is 0 Å². The zero-order valence-electron chi connectivity index (χ0n) is 13.1. The van der Waals surface area contributed by atoms with Crippen molar-refractivity contribution in [2.24, 2.45) is 10.4 Å². The van der Waals surface area contributed by atoms with Gasteiger partial charge >= 0.3 is 0 Å². The summed E-state index contributed by atoms with van der Waals surface area (Å²) < 4.78 is 0. The molecule has 1 heterocycles. The fraction of sp³-hybridized carbons (Fsp3) is 0.933. The third-order valence-electron chi connectivity index (χ3n) is 4.74. The molecule has 2 rings (SSSR count). The van der Waals surface area contributed by atoms with Crippen LogP contribution in [0, 0.1) is 5.41 Å². The second-order valence-corrected chi connectivity index (χ2v) is 8.38. The first kappa shape index (κ1) is 15.2. The molecule has 0 aromatic carbocycles. The van der Waals surface area contributed by atoms with Crippen molar-refractivity contribution in [3.63, 3.8) is 0 Å². The van der Waals surface area contributed by atoms with Gasteiger partial charge < -0.3 is 10.2 Å². The fourth-order valence-electron chi connectivity index (χ4n) is 2.83. The molecule has 1 aliphatic carbocycles. The highest BCUT2D eigenvalue weighted by Gasteiger charge is 2.39. The van der Waals surface area contributed by atoms with Gasteiger partial charge in [0.15, 0.2) is 5.17 Å². The molecule has 2 aliphatic rings. The molecular formula is C15H29N3S. The highest BCUT2D eigenvalue weighted by molar-refractivity contribution is 8.13. The molecule has 1 saturated heterocycles. The molecule has 0 aromatic rings. The van der Waals surface area contributed by atoms with Crippen molar-refractivity contribution in [3.05, 3.63) is 0 Å². The number of amidine groups is 1. The van der Waals surface area contributed by atoms with Crippen molar-refractivity contribution in [2.45, 2.75) is 58.0 Å². The highest BCUT2D eigenvalue weighted by atomic mass is 32.2. The first-order valence-electron chi connectivity index (χ1n) is 7.45. The lowest BCUT2D eigenvalue weighted by molar-refractivity contribution is 0.0700. The fourth-order valence-corrected chi connectivity index (χ4v) is 3.76. The van der Waals surface area contributed by atoms with E-state index in [9.17, 15) is 0 Å². The van der Waals surface area contributed by atoms with E-state index in [4.69, 9.17) is 4.99 Å². The predicted molar refractivity (Wildman–Crippen MR) is 86.0 cm³/mol. The third kappa shape index (κ3) is 3.46. The van der Waals surface area contributed by atoms with E-state index in [1.165, 1.54) is 36.6 Å². The molecule has 3 nitrogen and oxygen atoms in total. The quantitative estimate of drug-likeness (QED) is 0.863. The molecule has 1 aliphatic heterocycles. The molecule has 2 fully saturated rings. The summed E-state index contributed by atoms with van der Waals surface area (Å²) in [6.45, 7) is 7.88. The minimum absolute atomic E-state index is 0.317. The predicted octanol–water partition coefficient (Wildman–Crippen LogP) is 2.97. The summed E-state index contributed by atoms with van der Waals surface area (Å²) in [5.41, 5.74) is 0.654. The summed E-state index contributed by atoms with van der Waals surface area (Å²) in [4.78, 5) is 7.26. The zero-order chi connectivity index (χ0) is 14.1. The second-order valence-electron chi connectivity index (χ2n) is 7.29. The molecule has 0 aromatic heterocycles. The molecule has 0 bridgehead atoms. The first-order valence-corrected chi connectivity index (χ1v) is 8.43. The van der Waals surface area contributed by atoms with Crippen molar-refractivity contribution < 1.29 is 0 Å². The van der Waals surface area contributed by atoms with Gasteiger partial charge in [-0.1, -0.05) is 32.5 Å². The standard InChI is InChI=1S/C15H29N3S/c1-14(2,3)12-7-10-19-13(17-12)16-11-15(18(4)5)8-6-9-15/h12H,6-11H2,1-5H3,(H,16,17). The Hall–Kier alpha value is -0.220. The average molecular weight is 283 g/mol. The number of hydrogen-bond donors (Lipinski definition) is 1. The number of aliphatic imine (C=N–C) groups is 1. The Morgan fingerprint density at radius 1 is 1.37 bits per heavy atom. The van der Waals surface area contributed by atoms with Crippen molar-refractivity contribution in [1.82, 2.24) is 10.2 Å². The average Bonchev–Trinajstić information content (AvgIpc) is 2.26. The Morgan fingerprint density at radius 2 is 2.05 bits per heavy atom. The van der Waals surface area contributed by atoms with Crippen LogP contribution in [0.5, 0.6) is 0 Å². The van der Waals surface area contributed by atoms with Gasteiger partial charge in [0.25, 0.3) is 0 Å². The van der Waals surface area contributed by atoms with Gasteiger partial charge in [-0.25, -0.2) is 0 Å². The number of hydrogen-bond acceptors (Lipinski definition) is 3. The number of likely N-dealkylation sites (N-methyl/N-ethyl adjacent to an activating group) is 1. The molecule has 1 unspecified atom stereocenters. The smallest absolute Gasteiger partial charge is 0.156 e. The van der Waals surface area contributed by atoms with Crippen LogP contribution in [0.1, 0.15) is 46.5 Å². The van der Waals surface area contributed by atoms with E-state index in [1.54, 1.807) is 0 Å². The van der Waals surface area contributed by atoms with E-state index >= 15 is 0 Å². The van der Waals surface area contributed by atoms with E-state index in [-0.39, 0.29) is 0 Å². The van der Waals surface area contributed by atoms with Crippen LogP contribution in [0.25, 0.3) is 0 Å². The van der Waals surface area contributed by atoms with Crippen LogP contribution in [0.3, 0.4) is 0 Å². The maximum Gasteiger partial charge on any atom is 0.156 e. The van der Waals surface area contributed by atoms with E-state index in [0.717, 1.165) is 6.54 Å². The van der Waals surface area contributed by atoms with Gasteiger partial charge in [0.1, 0.15) is 0 Å². The van der Waals surface area contributed by atoms with Crippen LogP contribution in [-0.4, -0.2) is 48.0 Å². The molecule has 0 radical (unpaired) electrons. The highest BCUT2D eigenvalue weighted by Crippen LogP contribution is 2.36. The lowest BCUT2D eigenvalue weighted by atomic mass is 9.76. The minimum atomic E-state index is 0.317. The minimum Gasteiger partial charge on any atom is -0.362 e. The van der Waals surface area contributed by atoms with Gasteiger partial charge in [-0.05, 0) is 45.2 Å². The van der Waals surface area contributed by atoms with Crippen molar-refractivity contribution in [3.8, 4) is 0 Å². The Bertz CT molecular complexity index is 340. The molecule has 1 saturated carbocycles.